The second-order valence-electron chi connectivity index (χ2n) is 4.41. The fraction of sp³-hybridized carbons (Fsp3) is 0.125. The monoisotopic (exact) mass is 254 g/mol. The maximum Gasteiger partial charge on any atom is 0.204 e. The molecule has 2 rings (SSSR count). The van der Waals surface area contributed by atoms with Gasteiger partial charge < -0.3 is 4.74 Å². The Morgan fingerprint density at radius 1 is 1.05 bits per heavy atom. The lowest BCUT2D eigenvalue weighted by Gasteiger charge is -2.14. The van der Waals surface area contributed by atoms with Gasteiger partial charge in [-0.15, -0.1) is 0 Å². The van der Waals surface area contributed by atoms with Gasteiger partial charge in [0.15, 0.2) is 0 Å². The smallest absolute Gasteiger partial charge is 0.204 e. The fourth-order valence-corrected chi connectivity index (χ4v) is 1.75. The maximum atomic E-state index is 5.53. The van der Waals surface area contributed by atoms with Crippen molar-refractivity contribution in [3.05, 3.63) is 72.1 Å². The number of hydrazine groups is 1. The SMILES string of the molecule is C=C(NNc1ccc(C)cc1C)Oc1ccccc1. The van der Waals surface area contributed by atoms with Crippen molar-refractivity contribution in [1.82, 2.24) is 5.43 Å². The third-order valence-electron chi connectivity index (χ3n) is 2.70. The predicted molar refractivity (Wildman–Crippen MR) is 78.9 cm³/mol. The third kappa shape index (κ3) is 3.78. The first-order valence-electron chi connectivity index (χ1n) is 6.16. The third-order valence-corrected chi connectivity index (χ3v) is 2.70. The topological polar surface area (TPSA) is 33.3 Å². The molecule has 98 valence electrons. The van der Waals surface area contributed by atoms with Gasteiger partial charge in [-0.2, -0.15) is 0 Å². The Kier molecular flexibility index (Phi) is 4.08. The molecule has 0 aliphatic carbocycles. The van der Waals surface area contributed by atoms with Crippen LogP contribution < -0.4 is 15.6 Å². The molecule has 0 amide bonds. The van der Waals surface area contributed by atoms with E-state index in [4.69, 9.17) is 4.74 Å². The number of anilines is 1. The lowest BCUT2D eigenvalue weighted by molar-refractivity contribution is 0.394. The average molecular weight is 254 g/mol. The van der Waals surface area contributed by atoms with Crippen molar-refractivity contribution in [2.24, 2.45) is 0 Å². The van der Waals surface area contributed by atoms with Crippen molar-refractivity contribution in [1.29, 1.82) is 0 Å². The van der Waals surface area contributed by atoms with E-state index < -0.39 is 0 Å². The summed E-state index contributed by atoms with van der Waals surface area (Å²) in [7, 11) is 0. The van der Waals surface area contributed by atoms with Crippen LogP contribution in [0.1, 0.15) is 11.1 Å². The highest BCUT2D eigenvalue weighted by Crippen LogP contribution is 2.15. The van der Waals surface area contributed by atoms with E-state index in [0.29, 0.717) is 5.88 Å². The lowest BCUT2D eigenvalue weighted by atomic mass is 10.1. The Morgan fingerprint density at radius 2 is 1.79 bits per heavy atom. The van der Waals surface area contributed by atoms with Crippen molar-refractivity contribution in [2.45, 2.75) is 13.8 Å². The van der Waals surface area contributed by atoms with E-state index in [1.807, 2.05) is 36.4 Å². The summed E-state index contributed by atoms with van der Waals surface area (Å²) >= 11 is 0. The molecule has 0 aliphatic rings. The Hall–Kier alpha value is -2.42. The Bertz CT molecular complexity index is 564. The first-order chi connectivity index (χ1) is 9.15. The Labute approximate surface area is 113 Å². The number of hydrogen-bond acceptors (Lipinski definition) is 3. The zero-order chi connectivity index (χ0) is 13.7. The van der Waals surface area contributed by atoms with E-state index in [2.05, 4.69) is 43.4 Å². The second kappa shape index (κ2) is 5.96. The van der Waals surface area contributed by atoms with Crippen molar-refractivity contribution < 1.29 is 4.74 Å². The highest BCUT2D eigenvalue weighted by Gasteiger charge is 1.99. The summed E-state index contributed by atoms with van der Waals surface area (Å²) in [5, 5.41) is 0. The summed E-state index contributed by atoms with van der Waals surface area (Å²) in [5.41, 5.74) is 9.43. The summed E-state index contributed by atoms with van der Waals surface area (Å²) in [5.74, 6) is 1.20. The Morgan fingerprint density at radius 3 is 2.47 bits per heavy atom. The van der Waals surface area contributed by atoms with Crippen molar-refractivity contribution in [3.63, 3.8) is 0 Å². The highest BCUT2D eigenvalue weighted by molar-refractivity contribution is 5.51. The zero-order valence-corrected chi connectivity index (χ0v) is 11.2. The van der Waals surface area contributed by atoms with E-state index in [9.17, 15) is 0 Å². The maximum absolute atomic E-state index is 5.53. The molecule has 3 nitrogen and oxygen atoms in total. The van der Waals surface area contributed by atoms with Crippen LogP contribution in [0.5, 0.6) is 5.75 Å². The van der Waals surface area contributed by atoms with E-state index in [-0.39, 0.29) is 0 Å². The van der Waals surface area contributed by atoms with Crippen LogP contribution in [0.4, 0.5) is 5.69 Å². The summed E-state index contributed by atoms with van der Waals surface area (Å²) in [4.78, 5) is 0. The standard InChI is InChI=1S/C16H18N2O/c1-12-9-10-16(13(2)11-12)18-17-14(3)19-15-7-5-4-6-8-15/h4-11,17-18H,3H2,1-2H3. The first kappa shape index (κ1) is 13.0. The molecular weight excluding hydrogens is 236 g/mol. The molecule has 0 aromatic heterocycles. The molecule has 0 radical (unpaired) electrons. The summed E-state index contributed by atoms with van der Waals surface area (Å²) in [6, 6.07) is 15.7. The Balaban J connectivity index is 1.90. The van der Waals surface area contributed by atoms with E-state index in [0.717, 1.165) is 11.4 Å². The molecule has 3 heteroatoms. The van der Waals surface area contributed by atoms with Gasteiger partial charge in [0.1, 0.15) is 5.75 Å². The van der Waals surface area contributed by atoms with Gasteiger partial charge >= 0.3 is 0 Å². The average Bonchev–Trinajstić information content (AvgIpc) is 2.39. The molecule has 0 aliphatic heterocycles. The molecule has 19 heavy (non-hydrogen) atoms. The van der Waals surface area contributed by atoms with Gasteiger partial charge in [0.05, 0.1) is 5.69 Å². The highest BCUT2D eigenvalue weighted by atomic mass is 16.5. The van der Waals surface area contributed by atoms with E-state index in [1.54, 1.807) is 0 Å². The number of aryl methyl sites for hydroxylation is 2. The van der Waals surface area contributed by atoms with Crippen LogP contribution in [0.15, 0.2) is 61.0 Å². The van der Waals surface area contributed by atoms with Crippen LogP contribution in [0.25, 0.3) is 0 Å². The predicted octanol–water partition coefficient (Wildman–Crippen LogP) is 3.77. The quantitative estimate of drug-likeness (QED) is 0.629. The van der Waals surface area contributed by atoms with Crippen LogP contribution in [-0.4, -0.2) is 0 Å². The lowest BCUT2D eigenvalue weighted by Crippen LogP contribution is -2.24. The van der Waals surface area contributed by atoms with Gasteiger partial charge in [-0.25, -0.2) is 0 Å². The van der Waals surface area contributed by atoms with Gasteiger partial charge in [0.25, 0.3) is 0 Å². The molecule has 2 N–H and O–H groups in total. The summed E-state index contributed by atoms with van der Waals surface area (Å²) in [6.07, 6.45) is 0. The van der Waals surface area contributed by atoms with E-state index >= 15 is 0 Å². The van der Waals surface area contributed by atoms with Gasteiger partial charge in [0, 0.05) is 0 Å². The molecule has 0 heterocycles. The zero-order valence-electron chi connectivity index (χ0n) is 11.2. The van der Waals surface area contributed by atoms with E-state index in [1.165, 1.54) is 11.1 Å². The van der Waals surface area contributed by atoms with Gasteiger partial charge in [-0.1, -0.05) is 35.9 Å². The minimum absolute atomic E-state index is 0.450. The van der Waals surface area contributed by atoms with Gasteiger partial charge in [0.2, 0.25) is 5.88 Å². The second-order valence-corrected chi connectivity index (χ2v) is 4.41. The molecule has 0 unspecified atom stereocenters. The minimum atomic E-state index is 0.450. The molecule has 0 spiro atoms. The molecule has 0 bridgehead atoms. The molecule has 0 fully saturated rings. The van der Waals surface area contributed by atoms with Crippen LogP contribution in [0, 0.1) is 13.8 Å². The van der Waals surface area contributed by atoms with Crippen molar-refractivity contribution in [2.75, 3.05) is 5.43 Å². The molecule has 0 atom stereocenters. The molecule has 0 saturated heterocycles. The first-order valence-corrected chi connectivity index (χ1v) is 6.16. The van der Waals surface area contributed by atoms with Crippen LogP contribution in [0.3, 0.4) is 0 Å². The number of benzene rings is 2. The molecular formula is C16H18N2O. The summed E-state index contributed by atoms with van der Waals surface area (Å²) in [6.45, 7) is 7.94. The van der Waals surface area contributed by atoms with Crippen molar-refractivity contribution in [3.8, 4) is 5.75 Å². The van der Waals surface area contributed by atoms with Crippen LogP contribution >= 0.6 is 0 Å². The van der Waals surface area contributed by atoms with Gasteiger partial charge in [-0.3, -0.25) is 10.9 Å². The minimum Gasteiger partial charge on any atom is -0.440 e. The van der Waals surface area contributed by atoms with Crippen LogP contribution in [-0.2, 0) is 0 Å². The number of para-hydroxylation sites is 1. The fourth-order valence-electron chi connectivity index (χ4n) is 1.75. The van der Waals surface area contributed by atoms with Gasteiger partial charge in [-0.05, 0) is 44.2 Å². The molecule has 2 aromatic carbocycles. The largest absolute Gasteiger partial charge is 0.440 e. The number of nitrogens with one attached hydrogen (secondary N) is 2. The summed E-state index contributed by atoms with van der Waals surface area (Å²) < 4.78 is 5.53. The van der Waals surface area contributed by atoms with Crippen LogP contribution in [0.2, 0.25) is 0 Å². The van der Waals surface area contributed by atoms with Crippen molar-refractivity contribution >= 4 is 5.69 Å². The number of hydrogen-bond donors (Lipinski definition) is 2. The normalized spacial score (nSPS) is 9.79. The number of rotatable bonds is 5. The molecule has 2 aromatic rings. The molecule has 0 saturated carbocycles. The number of ether oxygens (including phenoxy) is 1.